The van der Waals surface area contributed by atoms with Crippen LogP contribution in [0.3, 0.4) is 0 Å². The first-order valence-corrected chi connectivity index (χ1v) is 4.65. The van der Waals surface area contributed by atoms with E-state index in [2.05, 4.69) is 0 Å². The molecule has 0 aromatic heterocycles. The monoisotopic (exact) mass is 203 g/mol. The highest BCUT2D eigenvalue weighted by Crippen LogP contribution is 2.10. The van der Waals surface area contributed by atoms with Crippen LogP contribution in [0, 0.1) is 0 Å². The molecule has 0 spiro atoms. The maximum absolute atomic E-state index is 11.1. The van der Waals surface area contributed by atoms with Crippen LogP contribution < -0.4 is 0 Å². The summed E-state index contributed by atoms with van der Waals surface area (Å²) in [5.41, 5.74) is 0. The van der Waals surface area contributed by atoms with E-state index in [1.807, 2.05) is 21.0 Å². The van der Waals surface area contributed by atoms with Crippen LogP contribution in [0.2, 0.25) is 0 Å². The third kappa shape index (κ3) is 4.04. The van der Waals surface area contributed by atoms with Crippen molar-refractivity contribution >= 4 is 5.97 Å². The summed E-state index contributed by atoms with van der Waals surface area (Å²) in [6.45, 7) is 2.89. The van der Waals surface area contributed by atoms with E-state index in [-0.39, 0.29) is 25.0 Å². The molecular weight excluding hydrogens is 186 g/mol. The lowest BCUT2D eigenvalue weighted by Gasteiger charge is -2.12. The molecule has 0 N–H and O–H groups in total. The van der Waals surface area contributed by atoms with Gasteiger partial charge in [0, 0.05) is 0 Å². The highest BCUT2D eigenvalue weighted by atomic mass is 16.7. The van der Waals surface area contributed by atoms with Gasteiger partial charge in [0.2, 0.25) is 0 Å². The van der Waals surface area contributed by atoms with Gasteiger partial charge < -0.3 is 14.2 Å². The standard InChI is InChI=1S/C9H17NO4/c1-7-12-5-8(14-7)6-13-9(11)4-10(2)3/h7-8H,4-6H2,1-3H3. The number of likely N-dealkylation sites (N-methyl/N-ethyl adjacent to an activating group) is 1. The molecule has 1 heterocycles. The zero-order chi connectivity index (χ0) is 10.6. The third-order valence-electron chi connectivity index (χ3n) is 1.78. The van der Waals surface area contributed by atoms with Crippen LogP contribution in [0.1, 0.15) is 6.92 Å². The lowest BCUT2D eigenvalue weighted by atomic mass is 10.4. The number of carbonyl (C=O) groups is 1. The van der Waals surface area contributed by atoms with Gasteiger partial charge in [-0.3, -0.25) is 9.69 Å². The predicted octanol–water partition coefficient (Wildman–Crippen LogP) is -0.147. The lowest BCUT2D eigenvalue weighted by molar-refractivity contribution is -0.148. The van der Waals surface area contributed by atoms with Crippen molar-refractivity contribution in [3.63, 3.8) is 0 Å². The van der Waals surface area contributed by atoms with E-state index in [4.69, 9.17) is 14.2 Å². The minimum Gasteiger partial charge on any atom is -0.462 e. The summed E-state index contributed by atoms with van der Waals surface area (Å²) in [6.07, 6.45) is -0.302. The van der Waals surface area contributed by atoms with Crippen molar-refractivity contribution in [2.24, 2.45) is 0 Å². The van der Waals surface area contributed by atoms with Crippen molar-refractivity contribution in [1.29, 1.82) is 0 Å². The third-order valence-corrected chi connectivity index (χ3v) is 1.78. The molecule has 2 atom stereocenters. The Morgan fingerprint density at radius 3 is 2.79 bits per heavy atom. The molecule has 0 radical (unpaired) electrons. The molecule has 0 aliphatic carbocycles. The minimum atomic E-state index is -0.238. The Balaban J connectivity index is 2.11. The molecule has 0 amide bonds. The first kappa shape index (κ1) is 11.4. The molecule has 82 valence electrons. The van der Waals surface area contributed by atoms with Gasteiger partial charge in [-0.25, -0.2) is 0 Å². The highest BCUT2D eigenvalue weighted by Gasteiger charge is 2.23. The molecular formula is C9H17NO4. The van der Waals surface area contributed by atoms with Crippen molar-refractivity contribution < 1.29 is 19.0 Å². The summed E-state index contributed by atoms with van der Waals surface area (Å²) >= 11 is 0. The van der Waals surface area contributed by atoms with E-state index in [9.17, 15) is 4.79 Å². The van der Waals surface area contributed by atoms with Crippen molar-refractivity contribution in [2.45, 2.75) is 19.3 Å². The first-order chi connectivity index (χ1) is 6.58. The van der Waals surface area contributed by atoms with E-state index >= 15 is 0 Å². The zero-order valence-corrected chi connectivity index (χ0v) is 8.86. The fourth-order valence-corrected chi connectivity index (χ4v) is 1.17. The van der Waals surface area contributed by atoms with Gasteiger partial charge in [-0.05, 0) is 21.0 Å². The summed E-state index contributed by atoms with van der Waals surface area (Å²) in [5.74, 6) is -0.238. The quantitative estimate of drug-likeness (QED) is 0.595. The molecule has 0 saturated carbocycles. The smallest absolute Gasteiger partial charge is 0.320 e. The van der Waals surface area contributed by atoms with E-state index in [0.717, 1.165) is 0 Å². The average molecular weight is 203 g/mol. The van der Waals surface area contributed by atoms with Crippen LogP contribution in [-0.4, -0.2) is 57.1 Å². The molecule has 0 bridgehead atoms. The Kier molecular flexibility index (Phi) is 4.31. The van der Waals surface area contributed by atoms with Crippen LogP contribution >= 0.6 is 0 Å². The molecule has 1 saturated heterocycles. The summed E-state index contributed by atoms with van der Waals surface area (Å²) in [4.78, 5) is 12.9. The van der Waals surface area contributed by atoms with Crippen molar-refractivity contribution in [3.8, 4) is 0 Å². The predicted molar refractivity (Wildman–Crippen MR) is 49.8 cm³/mol. The second kappa shape index (κ2) is 5.29. The number of hydrogen-bond acceptors (Lipinski definition) is 5. The Morgan fingerprint density at radius 2 is 2.29 bits per heavy atom. The number of hydrogen-bond donors (Lipinski definition) is 0. The van der Waals surface area contributed by atoms with E-state index in [1.54, 1.807) is 4.90 Å². The molecule has 0 aromatic carbocycles. The maximum Gasteiger partial charge on any atom is 0.320 e. The molecule has 5 nitrogen and oxygen atoms in total. The van der Waals surface area contributed by atoms with Crippen LogP contribution in [-0.2, 0) is 19.0 Å². The molecule has 1 aliphatic rings. The van der Waals surface area contributed by atoms with Crippen molar-refractivity contribution in [2.75, 3.05) is 33.9 Å². The summed E-state index contributed by atoms with van der Waals surface area (Å²) in [7, 11) is 3.64. The van der Waals surface area contributed by atoms with Gasteiger partial charge >= 0.3 is 5.97 Å². The molecule has 14 heavy (non-hydrogen) atoms. The Hall–Kier alpha value is -0.650. The fraction of sp³-hybridized carbons (Fsp3) is 0.889. The van der Waals surface area contributed by atoms with Crippen LogP contribution in [0.4, 0.5) is 0 Å². The van der Waals surface area contributed by atoms with Crippen LogP contribution in [0.5, 0.6) is 0 Å². The molecule has 1 rings (SSSR count). The van der Waals surface area contributed by atoms with Gasteiger partial charge in [0.1, 0.15) is 12.7 Å². The van der Waals surface area contributed by atoms with Gasteiger partial charge in [0.05, 0.1) is 13.2 Å². The van der Waals surface area contributed by atoms with Crippen LogP contribution in [0.25, 0.3) is 0 Å². The fourth-order valence-electron chi connectivity index (χ4n) is 1.17. The van der Waals surface area contributed by atoms with Gasteiger partial charge in [-0.2, -0.15) is 0 Å². The normalized spacial score (nSPS) is 26.9. The summed E-state index contributed by atoms with van der Waals surface area (Å²) in [6, 6.07) is 0. The number of rotatable bonds is 4. The van der Waals surface area contributed by atoms with E-state index in [1.165, 1.54) is 0 Å². The van der Waals surface area contributed by atoms with E-state index < -0.39 is 0 Å². The van der Waals surface area contributed by atoms with Crippen LogP contribution in [0.15, 0.2) is 0 Å². The largest absolute Gasteiger partial charge is 0.462 e. The Labute approximate surface area is 83.9 Å². The Bertz CT molecular complexity index is 195. The summed E-state index contributed by atoms with van der Waals surface area (Å²) in [5, 5.41) is 0. The van der Waals surface area contributed by atoms with Crippen molar-refractivity contribution in [1.82, 2.24) is 4.90 Å². The molecule has 0 aromatic rings. The summed E-state index contributed by atoms with van der Waals surface area (Å²) < 4.78 is 15.5. The topological polar surface area (TPSA) is 48.0 Å². The average Bonchev–Trinajstić information content (AvgIpc) is 2.47. The lowest BCUT2D eigenvalue weighted by Crippen LogP contribution is -2.27. The number of carbonyl (C=O) groups excluding carboxylic acids is 1. The SMILES string of the molecule is CC1OCC(COC(=O)CN(C)C)O1. The number of ether oxygens (including phenoxy) is 3. The molecule has 1 fully saturated rings. The molecule has 5 heteroatoms. The Morgan fingerprint density at radius 1 is 1.57 bits per heavy atom. The highest BCUT2D eigenvalue weighted by molar-refractivity contribution is 5.71. The molecule has 2 unspecified atom stereocenters. The molecule has 1 aliphatic heterocycles. The number of nitrogens with zero attached hydrogens (tertiary/aromatic N) is 1. The van der Waals surface area contributed by atoms with Gasteiger partial charge in [0.15, 0.2) is 6.29 Å². The van der Waals surface area contributed by atoms with E-state index in [0.29, 0.717) is 13.2 Å². The van der Waals surface area contributed by atoms with Gasteiger partial charge in [0.25, 0.3) is 0 Å². The number of esters is 1. The maximum atomic E-state index is 11.1. The second-order valence-electron chi connectivity index (χ2n) is 3.58. The second-order valence-corrected chi connectivity index (χ2v) is 3.58. The van der Waals surface area contributed by atoms with Crippen molar-refractivity contribution in [3.05, 3.63) is 0 Å². The zero-order valence-electron chi connectivity index (χ0n) is 8.86. The van der Waals surface area contributed by atoms with Gasteiger partial charge in [-0.1, -0.05) is 0 Å². The first-order valence-electron chi connectivity index (χ1n) is 4.65. The van der Waals surface area contributed by atoms with Gasteiger partial charge in [-0.15, -0.1) is 0 Å². The minimum absolute atomic E-state index is 0.115.